The van der Waals surface area contributed by atoms with Crippen molar-refractivity contribution in [1.82, 2.24) is 4.90 Å². The molecule has 1 heterocycles. The average Bonchev–Trinajstić information content (AvgIpc) is 2.84. The fourth-order valence-corrected chi connectivity index (χ4v) is 4.40. The lowest BCUT2D eigenvalue weighted by Gasteiger charge is -2.40. The minimum atomic E-state index is -3.67. The number of oxime groups is 1. The van der Waals surface area contributed by atoms with Gasteiger partial charge in [0.25, 0.3) is 0 Å². The van der Waals surface area contributed by atoms with Gasteiger partial charge in [-0.05, 0) is 51.3 Å². The summed E-state index contributed by atoms with van der Waals surface area (Å²) < 4.78 is 33.8. The molecule has 1 aliphatic carbocycles. The zero-order valence-corrected chi connectivity index (χ0v) is 18.9. The van der Waals surface area contributed by atoms with Gasteiger partial charge in [-0.3, -0.25) is 4.28 Å². The number of carbonyl (C=O) groups is 1. The van der Waals surface area contributed by atoms with Gasteiger partial charge in [-0.25, -0.2) is 4.79 Å². The summed E-state index contributed by atoms with van der Waals surface area (Å²) in [5.74, 6) is 0. The van der Waals surface area contributed by atoms with Crippen LogP contribution in [0, 0.1) is 0 Å². The second kappa shape index (κ2) is 7.33. The molecular formula is C19H25BrN2O5S. The van der Waals surface area contributed by atoms with Crippen molar-refractivity contribution in [3.05, 3.63) is 33.8 Å². The first-order valence-electron chi connectivity index (χ1n) is 9.12. The third-order valence-electron chi connectivity index (χ3n) is 5.02. The quantitative estimate of drug-likeness (QED) is 0.610. The number of halogens is 1. The monoisotopic (exact) mass is 472 g/mol. The SMILES string of the molecule is CC(C)(C)OC(=O)N1CCC2(CC1)C/C(=N\OS(C)(=O)=O)c1cc(Br)ccc12. The van der Waals surface area contributed by atoms with Crippen LogP contribution in [0.3, 0.4) is 0 Å². The number of carbonyl (C=O) groups excluding carboxylic acids is 1. The molecule has 1 aromatic rings. The number of nitrogens with zero attached hydrogens (tertiary/aromatic N) is 2. The molecule has 1 aliphatic heterocycles. The first-order chi connectivity index (χ1) is 12.9. The second-order valence-electron chi connectivity index (χ2n) is 8.43. The van der Waals surface area contributed by atoms with Crippen molar-refractivity contribution in [2.45, 2.75) is 51.0 Å². The van der Waals surface area contributed by atoms with Crippen LogP contribution in [0.25, 0.3) is 0 Å². The van der Waals surface area contributed by atoms with Crippen LogP contribution < -0.4 is 0 Å². The minimum absolute atomic E-state index is 0.186. The summed E-state index contributed by atoms with van der Waals surface area (Å²) in [5, 5.41) is 3.93. The van der Waals surface area contributed by atoms with Gasteiger partial charge in [0, 0.05) is 35.0 Å². The largest absolute Gasteiger partial charge is 0.444 e. The van der Waals surface area contributed by atoms with E-state index >= 15 is 0 Å². The third kappa shape index (κ3) is 4.68. The van der Waals surface area contributed by atoms with Gasteiger partial charge in [-0.15, -0.1) is 0 Å². The summed E-state index contributed by atoms with van der Waals surface area (Å²) in [6, 6.07) is 5.96. The van der Waals surface area contributed by atoms with Crippen LogP contribution in [0.2, 0.25) is 0 Å². The predicted molar refractivity (Wildman–Crippen MR) is 110 cm³/mol. The first-order valence-corrected chi connectivity index (χ1v) is 11.7. The zero-order chi connectivity index (χ0) is 20.7. The van der Waals surface area contributed by atoms with E-state index in [1.54, 1.807) is 4.90 Å². The number of rotatable bonds is 2. The molecule has 7 nitrogen and oxygen atoms in total. The third-order valence-corrected chi connectivity index (χ3v) is 5.86. The average molecular weight is 473 g/mol. The highest BCUT2D eigenvalue weighted by molar-refractivity contribution is 9.10. The van der Waals surface area contributed by atoms with E-state index in [0.717, 1.165) is 34.7 Å². The van der Waals surface area contributed by atoms with Crippen molar-refractivity contribution in [2.75, 3.05) is 19.3 Å². The van der Waals surface area contributed by atoms with Gasteiger partial charge in [-0.1, -0.05) is 27.2 Å². The fourth-order valence-electron chi connectivity index (χ4n) is 3.81. The molecule has 0 atom stereocenters. The van der Waals surface area contributed by atoms with E-state index in [1.807, 2.05) is 39.0 Å². The number of hydrogen-bond donors (Lipinski definition) is 0. The van der Waals surface area contributed by atoms with Gasteiger partial charge in [0.15, 0.2) is 0 Å². The molecule has 0 radical (unpaired) electrons. The minimum Gasteiger partial charge on any atom is -0.444 e. The number of fused-ring (bicyclic) bond motifs is 2. The van der Waals surface area contributed by atoms with Gasteiger partial charge >= 0.3 is 16.2 Å². The van der Waals surface area contributed by atoms with Gasteiger partial charge in [0.2, 0.25) is 0 Å². The van der Waals surface area contributed by atoms with E-state index in [9.17, 15) is 13.2 Å². The summed E-state index contributed by atoms with van der Waals surface area (Å²) >= 11 is 3.47. The number of hydrogen-bond acceptors (Lipinski definition) is 6. The number of piperidine rings is 1. The Balaban J connectivity index is 1.83. The number of ether oxygens (including phenoxy) is 1. The highest BCUT2D eigenvalue weighted by Gasteiger charge is 2.45. The molecule has 9 heteroatoms. The van der Waals surface area contributed by atoms with Crippen LogP contribution in [-0.4, -0.2) is 50.1 Å². The summed E-state index contributed by atoms with van der Waals surface area (Å²) in [4.78, 5) is 14.1. The fraction of sp³-hybridized carbons (Fsp3) is 0.579. The van der Waals surface area contributed by atoms with E-state index in [0.29, 0.717) is 25.2 Å². The Labute approximate surface area is 174 Å². The molecule has 1 fully saturated rings. The predicted octanol–water partition coefficient (Wildman–Crippen LogP) is 3.80. The molecule has 154 valence electrons. The van der Waals surface area contributed by atoms with Crippen LogP contribution in [0.5, 0.6) is 0 Å². The van der Waals surface area contributed by atoms with Gasteiger partial charge in [-0.2, -0.15) is 8.42 Å². The molecule has 2 aliphatic rings. The highest BCUT2D eigenvalue weighted by atomic mass is 79.9. The number of amides is 1. The van der Waals surface area contributed by atoms with Crippen molar-refractivity contribution in [1.29, 1.82) is 0 Å². The van der Waals surface area contributed by atoms with Crippen LogP contribution in [-0.2, 0) is 24.6 Å². The summed E-state index contributed by atoms with van der Waals surface area (Å²) in [6.07, 6.45) is 2.75. The van der Waals surface area contributed by atoms with Crippen molar-refractivity contribution >= 4 is 37.9 Å². The Bertz CT molecular complexity index is 913. The molecule has 28 heavy (non-hydrogen) atoms. The summed E-state index contributed by atoms with van der Waals surface area (Å²) in [6.45, 7) is 6.71. The smallest absolute Gasteiger partial charge is 0.410 e. The standard InChI is InChI=1S/C19H25BrN2O5S/c1-18(2,3)26-17(23)22-9-7-19(8-10-22)12-16(21-27-28(4,24)25)14-11-13(20)5-6-15(14)19/h5-6,11H,7-10,12H2,1-4H3/b21-16+. The molecule has 1 aromatic carbocycles. The lowest BCUT2D eigenvalue weighted by atomic mass is 9.74. The van der Waals surface area contributed by atoms with Crippen LogP contribution in [0.15, 0.2) is 27.8 Å². The van der Waals surface area contributed by atoms with E-state index in [1.165, 1.54) is 0 Å². The molecule has 0 aromatic heterocycles. The van der Waals surface area contributed by atoms with E-state index in [4.69, 9.17) is 9.02 Å². The lowest BCUT2D eigenvalue weighted by Crippen LogP contribution is -2.46. The van der Waals surface area contributed by atoms with E-state index < -0.39 is 15.7 Å². The highest BCUT2D eigenvalue weighted by Crippen LogP contribution is 2.47. The molecular weight excluding hydrogens is 448 g/mol. The maximum absolute atomic E-state index is 12.4. The number of likely N-dealkylation sites (tertiary alicyclic amines) is 1. The molecule has 0 bridgehead atoms. The Hall–Kier alpha value is -1.61. The van der Waals surface area contributed by atoms with Crippen molar-refractivity contribution in [2.24, 2.45) is 5.16 Å². The Morgan fingerprint density at radius 3 is 2.46 bits per heavy atom. The molecule has 1 spiro atoms. The molecule has 3 rings (SSSR count). The molecule has 1 saturated heterocycles. The second-order valence-corrected chi connectivity index (χ2v) is 10.9. The first kappa shape index (κ1) is 21.1. The van der Waals surface area contributed by atoms with Crippen molar-refractivity contribution in [3.63, 3.8) is 0 Å². The van der Waals surface area contributed by atoms with Crippen molar-refractivity contribution in [3.8, 4) is 0 Å². The molecule has 0 unspecified atom stereocenters. The summed E-state index contributed by atoms with van der Waals surface area (Å²) in [5.41, 5.74) is 1.92. The van der Waals surface area contributed by atoms with Gasteiger partial charge in [0.1, 0.15) is 5.60 Å². The van der Waals surface area contributed by atoms with E-state index in [-0.39, 0.29) is 11.5 Å². The molecule has 1 amide bonds. The Morgan fingerprint density at radius 1 is 1.25 bits per heavy atom. The van der Waals surface area contributed by atoms with Crippen LogP contribution >= 0.6 is 15.9 Å². The topological polar surface area (TPSA) is 85.3 Å². The molecule has 0 saturated carbocycles. The summed E-state index contributed by atoms with van der Waals surface area (Å²) in [7, 11) is -3.67. The Kier molecular flexibility index (Phi) is 5.53. The number of benzene rings is 1. The van der Waals surface area contributed by atoms with Gasteiger partial charge in [0.05, 0.1) is 12.0 Å². The van der Waals surface area contributed by atoms with Crippen LogP contribution in [0.4, 0.5) is 4.79 Å². The maximum atomic E-state index is 12.4. The van der Waals surface area contributed by atoms with E-state index in [2.05, 4.69) is 21.1 Å². The normalized spacial score (nSPS) is 20.3. The molecule has 0 N–H and O–H groups in total. The van der Waals surface area contributed by atoms with Crippen molar-refractivity contribution < 1.29 is 22.2 Å². The zero-order valence-electron chi connectivity index (χ0n) is 16.5. The maximum Gasteiger partial charge on any atom is 0.410 e. The lowest BCUT2D eigenvalue weighted by molar-refractivity contribution is 0.0168. The van der Waals surface area contributed by atoms with Crippen LogP contribution in [0.1, 0.15) is 51.2 Å². The Morgan fingerprint density at radius 2 is 1.89 bits per heavy atom. The van der Waals surface area contributed by atoms with Gasteiger partial charge < -0.3 is 9.64 Å².